The van der Waals surface area contributed by atoms with Crippen molar-refractivity contribution in [3.63, 3.8) is 0 Å². The maximum Gasteiger partial charge on any atom is 0.248 e. The smallest absolute Gasteiger partial charge is 0.248 e. The van der Waals surface area contributed by atoms with Gasteiger partial charge in [-0.05, 0) is 47.5 Å². The number of β-amino-alcohol motifs (C(OH)–C–C–N with tert-alkyl or cyclic N) is 1. The first-order valence-corrected chi connectivity index (χ1v) is 10.9. The van der Waals surface area contributed by atoms with Crippen molar-refractivity contribution in [1.29, 1.82) is 0 Å². The molecule has 0 radical (unpaired) electrons. The van der Waals surface area contributed by atoms with Crippen LogP contribution in [0, 0.1) is 0 Å². The fraction of sp³-hybridized carbons (Fsp3) is 0.269. The lowest BCUT2D eigenvalue weighted by molar-refractivity contribution is 0.0663. The lowest BCUT2D eigenvalue weighted by Crippen LogP contribution is -2.49. The standard InChI is InChI=1S/C26H29N3O3/c27-26(31)22-6-10-23(11-7-22)29-16-14-28(15-17-29)18-24(30)19-32-25-12-8-21(9-13-25)20-4-2-1-3-5-20/h1-13,24,30H,14-19H2,(H2,27,31). The van der Waals surface area contributed by atoms with Crippen molar-refractivity contribution >= 4 is 11.6 Å². The fourth-order valence-electron chi connectivity index (χ4n) is 3.94. The van der Waals surface area contributed by atoms with Crippen LogP contribution in [0.5, 0.6) is 5.75 Å². The molecule has 3 aromatic rings. The van der Waals surface area contributed by atoms with Crippen LogP contribution in [0.4, 0.5) is 5.69 Å². The van der Waals surface area contributed by atoms with Gasteiger partial charge in [0.1, 0.15) is 18.5 Å². The molecule has 1 amide bonds. The van der Waals surface area contributed by atoms with Gasteiger partial charge in [-0.1, -0.05) is 42.5 Å². The first-order chi connectivity index (χ1) is 15.6. The van der Waals surface area contributed by atoms with Crippen LogP contribution < -0.4 is 15.4 Å². The van der Waals surface area contributed by atoms with E-state index in [9.17, 15) is 9.90 Å². The van der Waals surface area contributed by atoms with Crippen LogP contribution in [0.3, 0.4) is 0 Å². The van der Waals surface area contributed by atoms with Crippen molar-refractivity contribution in [2.75, 3.05) is 44.2 Å². The van der Waals surface area contributed by atoms with E-state index in [1.54, 1.807) is 12.1 Å². The predicted molar refractivity (Wildman–Crippen MR) is 127 cm³/mol. The Morgan fingerprint density at radius 3 is 2.12 bits per heavy atom. The van der Waals surface area contributed by atoms with E-state index in [0.29, 0.717) is 12.1 Å². The Balaban J connectivity index is 1.20. The second kappa shape index (κ2) is 10.3. The average Bonchev–Trinajstić information content (AvgIpc) is 2.84. The zero-order valence-electron chi connectivity index (χ0n) is 18.1. The largest absolute Gasteiger partial charge is 0.491 e. The number of rotatable bonds is 8. The molecule has 6 nitrogen and oxygen atoms in total. The Bertz CT molecular complexity index is 999. The Labute approximate surface area is 188 Å². The molecule has 1 aliphatic heterocycles. The lowest BCUT2D eigenvalue weighted by atomic mass is 10.1. The first kappa shape index (κ1) is 21.9. The minimum Gasteiger partial charge on any atom is -0.491 e. The molecule has 1 unspecified atom stereocenters. The first-order valence-electron chi connectivity index (χ1n) is 10.9. The van der Waals surface area contributed by atoms with Gasteiger partial charge in [0.25, 0.3) is 0 Å². The monoisotopic (exact) mass is 431 g/mol. The molecule has 6 heteroatoms. The molecule has 3 N–H and O–H groups in total. The van der Waals surface area contributed by atoms with E-state index >= 15 is 0 Å². The highest BCUT2D eigenvalue weighted by Crippen LogP contribution is 2.22. The molecule has 1 fully saturated rings. The van der Waals surface area contributed by atoms with Crippen LogP contribution in [0.25, 0.3) is 11.1 Å². The highest BCUT2D eigenvalue weighted by Gasteiger charge is 2.20. The number of hydrogen-bond acceptors (Lipinski definition) is 5. The molecule has 0 aliphatic carbocycles. The number of nitrogens with two attached hydrogens (primary N) is 1. The number of primary amides is 1. The summed E-state index contributed by atoms with van der Waals surface area (Å²) in [7, 11) is 0. The van der Waals surface area contributed by atoms with Gasteiger partial charge in [-0.15, -0.1) is 0 Å². The van der Waals surface area contributed by atoms with Crippen molar-refractivity contribution < 1.29 is 14.6 Å². The molecule has 4 rings (SSSR count). The number of amides is 1. The second-order valence-corrected chi connectivity index (χ2v) is 8.05. The van der Waals surface area contributed by atoms with Crippen LogP contribution in [0.2, 0.25) is 0 Å². The molecule has 0 spiro atoms. The highest BCUT2D eigenvalue weighted by atomic mass is 16.5. The number of piperazine rings is 1. The summed E-state index contributed by atoms with van der Waals surface area (Å²) in [6.07, 6.45) is -0.551. The summed E-state index contributed by atoms with van der Waals surface area (Å²) in [5.41, 5.74) is 9.21. The van der Waals surface area contributed by atoms with Crippen LogP contribution in [0.15, 0.2) is 78.9 Å². The number of ether oxygens (including phenoxy) is 1. The van der Waals surface area contributed by atoms with Crippen molar-refractivity contribution in [1.82, 2.24) is 4.90 Å². The number of aliphatic hydroxyl groups is 1. The van der Waals surface area contributed by atoms with Gasteiger partial charge in [-0.25, -0.2) is 0 Å². The lowest BCUT2D eigenvalue weighted by Gasteiger charge is -2.36. The van der Waals surface area contributed by atoms with E-state index in [0.717, 1.165) is 43.2 Å². The third-order valence-corrected chi connectivity index (χ3v) is 5.76. The third-order valence-electron chi connectivity index (χ3n) is 5.76. The van der Waals surface area contributed by atoms with Crippen LogP contribution >= 0.6 is 0 Å². The molecular weight excluding hydrogens is 402 g/mol. The summed E-state index contributed by atoms with van der Waals surface area (Å²) in [6.45, 7) is 4.30. The molecule has 166 valence electrons. The minimum atomic E-state index is -0.551. The zero-order chi connectivity index (χ0) is 22.3. The Morgan fingerprint density at radius 2 is 1.50 bits per heavy atom. The third kappa shape index (κ3) is 5.66. The summed E-state index contributed by atoms with van der Waals surface area (Å²) in [5.74, 6) is 0.345. The van der Waals surface area contributed by atoms with Crippen LogP contribution in [-0.2, 0) is 0 Å². The molecule has 1 aliphatic rings. The summed E-state index contributed by atoms with van der Waals surface area (Å²) in [4.78, 5) is 15.7. The number of carbonyl (C=O) groups excluding carboxylic acids is 1. The van der Waals surface area contributed by atoms with Crippen LogP contribution in [-0.4, -0.2) is 61.3 Å². The number of aliphatic hydroxyl groups excluding tert-OH is 1. The second-order valence-electron chi connectivity index (χ2n) is 8.05. The van der Waals surface area contributed by atoms with Crippen molar-refractivity contribution in [2.45, 2.75) is 6.10 Å². The van der Waals surface area contributed by atoms with E-state index in [1.807, 2.05) is 54.6 Å². The van der Waals surface area contributed by atoms with Gasteiger partial charge < -0.3 is 20.5 Å². The molecule has 1 heterocycles. The molecule has 1 atom stereocenters. The maximum absolute atomic E-state index is 11.2. The summed E-state index contributed by atoms with van der Waals surface area (Å²) in [5, 5.41) is 10.4. The van der Waals surface area contributed by atoms with Crippen molar-refractivity contribution in [3.05, 3.63) is 84.4 Å². The Hall–Kier alpha value is -3.35. The normalized spacial score (nSPS) is 15.3. The molecule has 0 bridgehead atoms. The van der Waals surface area contributed by atoms with Gasteiger partial charge in [0.05, 0.1) is 0 Å². The number of nitrogens with zero attached hydrogens (tertiary/aromatic N) is 2. The predicted octanol–water partition coefficient (Wildman–Crippen LogP) is 3.01. The number of anilines is 1. The molecular formula is C26H29N3O3. The highest BCUT2D eigenvalue weighted by molar-refractivity contribution is 5.93. The van der Waals surface area contributed by atoms with Gasteiger partial charge in [-0.3, -0.25) is 9.69 Å². The van der Waals surface area contributed by atoms with Crippen molar-refractivity contribution in [2.24, 2.45) is 5.73 Å². The maximum atomic E-state index is 11.2. The Kier molecular flexibility index (Phi) is 7.04. The van der Waals surface area contributed by atoms with E-state index in [-0.39, 0.29) is 6.61 Å². The zero-order valence-corrected chi connectivity index (χ0v) is 18.1. The summed E-state index contributed by atoms with van der Waals surface area (Å²) in [6, 6.07) is 25.5. The van der Waals surface area contributed by atoms with E-state index in [2.05, 4.69) is 21.9 Å². The Morgan fingerprint density at radius 1 is 0.875 bits per heavy atom. The van der Waals surface area contributed by atoms with E-state index in [1.165, 1.54) is 5.56 Å². The van der Waals surface area contributed by atoms with E-state index < -0.39 is 12.0 Å². The molecule has 32 heavy (non-hydrogen) atoms. The molecule has 0 aromatic heterocycles. The topological polar surface area (TPSA) is 79.0 Å². The average molecular weight is 432 g/mol. The van der Waals surface area contributed by atoms with Crippen LogP contribution in [0.1, 0.15) is 10.4 Å². The minimum absolute atomic E-state index is 0.263. The van der Waals surface area contributed by atoms with Gasteiger partial charge in [0.2, 0.25) is 5.91 Å². The summed E-state index contributed by atoms with van der Waals surface area (Å²) >= 11 is 0. The SMILES string of the molecule is NC(=O)c1ccc(N2CCN(CC(O)COc3ccc(-c4ccccc4)cc3)CC2)cc1. The van der Waals surface area contributed by atoms with E-state index in [4.69, 9.17) is 10.5 Å². The number of carbonyl (C=O) groups is 1. The molecule has 3 aromatic carbocycles. The van der Waals surface area contributed by atoms with Gasteiger partial charge in [-0.2, -0.15) is 0 Å². The molecule has 1 saturated heterocycles. The van der Waals surface area contributed by atoms with Gasteiger partial charge in [0.15, 0.2) is 0 Å². The van der Waals surface area contributed by atoms with Gasteiger partial charge >= 0.3 is 0 Å². The van der Waals surface area contributed by atoms with Crippen molar-refractivity contribution in [3.8, 4) is 16.9 Å². The summed E-state index contributed by atoms with van der Waals surface area (Å²) < 4.78 is 5.80. The van der Waals surface area contributed by atoms with Gasteiger partial charge in [0, 0.05) is 44.0 Å². The quantitative estimate of drug-likeness (QED) is 0.573. The number of hydrogen-bond donors (Lipinski definition) is 2. The fourth-order valence-corrected chi connectivity index (χ4v) is 3.94. The molecule has 0 saturated carbocycles. The number of benzene rings is 3.